The molecule has 0 aliphatic carbocycles. The van der Waals surface area contributed by atoms with Crippen molar-refractivity contribution < 1.29 is 23.1 Å². The zero-order valence-corrected chi connectivity index (χ0v) is 20.0. The van der Waals surface area contributed by atoms with Crippen LogP contribution in [0.5, 0.6) is 5.75 Å². The molecule has 2 heterocycles. The Hall–Kier alpha value is -3.20. The summed E-state index contributed by atoms with van der Waals surface area (Å²) in [5.74, 6) is 0.166. The van der Waals surface area contributed by atoms with Crippen molar-refractivity contribution in [2.24, 2.45) is 0 Å². The van der Waals surface area contributed by atoms with E-state index in [0.717, 1.165) is 19.4 Å². The summed E-state index contributed by atoms with van der Waals surface area (Å²) in [5.41, 5.74) is 1.82. The normalized spacial score (nSPS) is 19.0. The van der Waals surface area contributed by atoms with Crippen LogP contribution in [0.15, 0.2) is 48.5 Å². The first kappa shape index (κ1) is 24.9. The van der Waals surface area contributed by atoms with Gasteiger partial charge in [-0.15, -0.1) is 0 Å². The molecule has 9 heteroatoms. The van der Waals surface area contributed by atoms with E-state index in [1.54, 1.807) is 18.2 Å². The van der Waals surface area contributed by atoms with E-state index < -0.39 is 6.61 Å². The van der Waals surface area contributed by atoms with Gasteiger partial charge in [-0.2, -0.15) is 8.78 Å². The number of ether oxygens (including phenoxy) is 1. The molecule has 0 bridgehead atoms. The van der Waals surface area contributed by atoms with E-state index in [0.29, 0.717) is 55.7 Å². The van der Waals surface area contributed by atoms with Gasteiger partial charge in [0.25, 0.3) is 5.91 Å². The summed E-state index contributed by atoms with van der Waals surface area (Å²) < 4.78 is 29.1. The highest BCUT2D eigenvalue weighted by Crippen LogP contribution is 2.25. The number of halogens is 2. The van der Waals surface area contributed by atoms with Crippen LogP contribution in [0.2, 0.25) is 0 Å². The molecular formula is C26H32F2N4O3. The van der Waals surface area contributed by atoms with Crippen LogP contribution in [-0.4, -0.2) is 78.4 Å². The quantitative estimate of drug-likeness (QED) is 0.636. The Kier molecular flexibility index (Phi) is 8.17. The minimum absolute atomic E-state index is 0.0704. The second-order valence-electron chi connectivity index (χ2n) is 9.07. The number of anilines is 2. The van der Waals surface area contributed by atoms with Crippen LogP contribution in [0.4, 0.5) is 20.2 Å². The van der Waals surface area contributed by atoms with E-state index in [1.165, 1.54) is 18.6 Å². The van der Waals surface area contributed by atoms with E-state index in [4.69, 9.17) is 0 Å². The average molecular weight is 487 g/mol. The van der Waals surface area contributed by atoms with E-state index in [1.807, 2.05) is 28.0 Å². The summed E-state index contributed by atoms with van der Waals surface area (Å²) >= 11 is 0. The molecular weight excluding hydrogens is 454 g/mol. The van der Waals surface area contributed by atoms with E-state index >= 15 is 0 Å². The lowest BCUT2D eigenvalue weighted by Crippen LogP contribution is -2.53. The Morgan fingerprint density at radius 1 is 1.00 bits per heavy atom. The van der Waals surface area contributed by atoms with Crippen LogP contribution < -0.4 is 10.1 Å². The molecule has 188 valence electrons. The first-order valence-electron chi connectivity index (χ1n) is 12.1. The van der Waals surface area contributed by atoms with Crippen LogP contribution in [0.3, 0.4) is 0 Å². The van der Waals surface area contributed by atoms with Gasteiger partial charge in [-0.05, 0) is 62.6 Å². The van der Waals surface area contributed by atoms with E-state index in [-0.39, 0.29) is 17.6 Å². The van der Waals surface area contributed by atoms with Crippen LogP contribution in [-0.2, 0) is 4.79 Å². The minimum atomic E-state index is -2.88. The summed E-state index contributed by atoms with van der Waals surface area (Å²) in [5, 5.41) is 3.20. The van der Waals surface area contributed by atoms with Crippen molar-refractivity contribution in [3.8, 4) is 5.75 Å². The molecule has 2 aromatic carbocycles. The third-order valence-corrected chi connectivity index (χ3v) is 6.66. The predicted octanol–water partition coefficient (Wildman–Crippen LogP) is 4.19. The number of alkyl halides is 2. The number of rotatable bonds is 7. The van der Waals surface area contributed by atoms with Gasteiger partial charge in [-0.25, -0.2) is 0 Å². The highest BCUT2D eigenvalue weighted by atomic mass is 19.3. The Labute approximate surface area is 204 Å². The standard InChI is InChI=1S/C26H32F2N4O3/c1-19-6-4-5-13-32(19)24(33)18-30-14-16-31(17-15-30)25(34)22-7-2-3-8-23(22)29-20-9-11-21(12-10-20)35-26(27)28/h2-3,7-12,19,26,29H,4-6,13-18H2,1H3. The number of carbonyl (C=O) groups is 2. The second kappa shape index (κ2) is 11.5. The van der Waals surface area contributed by atoms with E-state index in [9.17, 15) is 18.4 Å². The molecule has 2 saturated heterocycles. The predicted molar refractivity (Wildman–Crippen MR) is 130 cm³/mol. The van der Waals surface area contributed by atoms with Gasteiger partial charge < -0.3 is 19.9 Å². The lowest BCUT2D eigenvalue weighted by Gasteiger charge is -2.38. The number of hydrogen-bond acceptors (Lipinski definition) is 5. The largest absolute Gasteiger partial charge is 0.435 e. The topological polar surface area (TPSA) is 65.1 Å². The van der Waals surface area contributed by atoms with Crippen LogP contribution in [0, 0.1) is 0 Å². The fourth-order valence-electron chi connectivity index (χ4n) is 4.68. The number of nitrogens with one attached hydrogen (secondary N) is 1. The number of piperazine rings is 1. The molecule has 0 radical (unpaired) electrons. The Balaban J connectivity index is 1.33. The van der Waals surface area contributed by atoms with Crippen LogP contribution in [0.25, 0.3) is 0 Å². The highest BCUT2D eigenvalue weighted by molar-refractivity contribution is 6.00. The van der Waals surface area contributed by atoms with Gasteiger partial charge in [0.05, 0.1) is 17.8 Å². The lowest BCUT2D eigenvalue weighted by molar-refractivity contribution is -0.136. The summed E-state index contributed by atoms with van der Waals surface area (Å²) in [7, 11) is 0. The highest BCUT2D eigenvalue weighted by Gasteiger charge is 2.28. The van der Waals surface area contributed by atoms with Gasteiger partial charge in [0.15, 0.2) is 0 Å². The maximum Gasteiger partial charge on any atom is 0.387 e. The molecule has 0 saturated carbocycles. The molecule has 2 amide bonds. The molecule has 2 aromatic rings. The number of piperidine rings is 1. The number of benzene rings is 2. The van der Waals surface area contributed by atoms with Crippen LogP contribution in [0.1, 0.15) is 36.5 Å². The molecule has 2 aliphatic rings. The fraction of sp³-hybridized carbons (Fsp3) is 0.462. The van der Waals surface area contributed by atoms with Gasteiger partial charge in [0.2, 0.25) is 5.91 Å². The van der Waals surface area contributed by atoms with Gasteiger partial charge in [-0.3, -0.25) is 14.5 Å². The molecule has 7 nitrogen and oxygen atoms in total. The van der Waals surface area contributed by atoms with Crippen molar-refractivity contribution in [2.45, 2.75) is 38.8 Å². The lowest BCUT2D eigenvalue weighted by atomic mass is 10.0. The van der Waals surface area contributed by atoms with Crippen molar-refractivity contribution in [3.63, 3.8) is 0 Å². The zero-order valence-electron chi connectivity index (χ0n) is 20.0. The second-order valence-corrected chi connectivity index (χ2v) is 9.07. The summed E-state index contributed by atoms with van der Waals surface area (Å²) in [6.07, 6.45) is 3.31. The first-order chi connectivity index (χ1) is 16.9. The van der Waals surface area contributed by atoms with Crippen molar-refractivity contribution >= 4 is 23.2 Å². The number of amides is 2. The van der Waals surface area contributed by atoms with Crippen molar-refractivity contribution in [1.82, 2.24) is 14.7 Å². The zero-order chi connectivity index (χ0) is 24.8. The molecule has 1 N–H and O–H groups in total. The number of nitrogens with zero attached hydrogens (tertiary/aromatic N) is 3. The molecule has 1 atom stereocenters. The first-order valence-corrected chi connectivity index (χ1v) is 12.1. The van der Waals surface area contributed by atoms with Gasteiger partial charge in [0, 0.05) is 44.5 Å². The van der Waals surface area contributed by atoms with Crippen molar-refractivity contribution in [3.05, 3.63) is 54.1 Å². The number of carbonyl (C=O) groups excluding carboxylic acids is 2. The smallest absolute Gasteiger partial charge is 0.387 e. The van der Waals surface area contributed by atoms with E-state index in [2.05, 4.69) is 21.9 Å². The van der Waals surface area contributed by atoms with Gasteiger partial charge in [-0.1, -0.05) is 12.1 Å². The molecule has 0 aromatic heterocycles. The Morgan fingerprint density at radius 3 is 2.40 bits per heavy atom. The summed E-state index contributed by atoms with van der Waals surface area (Å²) in [4.78, 5) is 32.0. The van der Waals surface area contributed by atoms with Crippen LogP contribution >= 0.6 is 0 Å². The minimum Gasteiger partial charge on any atom is -0.435 e. The maximum atomic E-state index is 13.3. The third kappa shape index (κ3) is 6.48. The summed E-state index contributed by atoms with van der Waals surface area (Å²) in [6, 6.07) is 13.7. The summed E-state index contributed by atoms with van der Waals surface area (Å²) in [6.45, 7) is 2.89. The average Bonchev–Trinajstić information content (AvgIpc) is 2.85. The van der Waals surface area contributed by atoms with Crippen molar-refractivity contribution in [2.75, 3.05) is 44.6 Å². The number of para-hydroxylation sites is 1. The molecule has 2 aliphatic heterocycles. The molecule has 2 fully saturated rings. The Bertz CT molecular complexity index is 1010. The number of likely N-dealkylation sites (tertiary alicyclic amines) is 1. The molecule has 4 rings (SSSR count). The molecule has 0 spiro atoms. The monoisotopic (exact) mass is 486 g/mol. The third-order valence-electron chi connectivity index (χ3n) is 6.66. The fourth-order valence-corrected chi connectivity index (χ4v) is 4.68. The van der Waals surface area contributed by atoms with Crippen molar-refractivity contribution in [1.29, 1.82) is 0 Å². The maximum absolute atomic E-state index is 13.3. The van der Waals surface area contributed by atoms with Gasteiger partial charge >= 0.3 is 6.61 Å². The molecule has 35 heavy (non-hydrogen) atoms. The number of hydrogen-bond donors (Lipinski definition) is 1. The SMILES string of the molecule is CC1CCCCN1C(=O)CN1CCN(C(=O)c2ccccc2Nc2ccc(OC(F)F)cc2)CC1. The van der Waals surface area contributed by atoms with Gasteiger partial charge in [0.1, 0.15) is 5.75 Å². The Morgan fingerprint density at radius 2 is 1.71 bits per heavy atom. The molecule has 1 unspecified atom stereocenters.